The minimum Gasteiger partial charge on any atom is -0.466 e. The van der Waals surface area contributed by atoms with E-state index < -0.39 is 17.3 Å². The molecule has 1 rings (SSSR count). The topological polar surface area (TPSA) is 76.4 Å². The van der Waals surface area contributed by atoms with E-state index in [0.717, 1.165) is 25.7 Å². The fourth-order valence-corrected chi connectivity index (χ4v) is 3.89. The third kappa shape index (κ3) is 4.95. The van der Waals surface area contributed by atoms with Crippen LogP contribution in [-0.4, -0.2) is 25.2 Å². The molecule has 0 aromatic carbocycles. The Morgan fingerprint density at radius 1 is 1.26 bits per heavy atom. The van der Waals surface area contributed by atoms with Crippen LogP contribution in [-0.2, 0) is 19.1 Å². The molecule has 0 aliphatic heterocycles. The van der Waals surface area contributed by atoms with Crippen LogP contribution in [0.2, 0.25) is 0 Å². The average molecular weight is 323 g/mol. The molecule has 0 aromatic heterocycles. The Hall–Kier alpha value is -1.57. The van der Waals surface area contributed by atoms with Crippen LogP contribution in [0.25, 0.3) is 0 Å². The molecular weight excluding hydrogens is 294 g/mol. The number of hydrogen-bond acceptors (Lipinski definition) is 5. The van der Waals surface area contributed by atoms with Gasteiger partial charge in [0.2, 0.25) is 0 Å². The first-order valence-electron chi connectivity index (χ1n) is 8.63. The van der Waals surface area contributed by atoms with E-state index in [1.807, 2.05) is 0 Å². The van der Waals surface area contributed by atoms with E-state index >= 15 is 0 Å². The summed E-state index contributed by atoms with van der Waals surface area (Å²) in [5.41, 5.74) is -0.544. The van der Waals surface area contributed by atoms with Gasteiger partial charge >= 0.3 is 11.9 Å². The molecule has 130 valence electrons. The Balaban J connectivity index is 3.05. The second kappa shape index (κ2) is 8.90. The highest BCUT2D eigenvalue weighted by atomic mass is 16.5. The van der Waals surface area contributed by atoms with Crippen molar-refractivity contribution in [2.45, 2.75) is 59.8 Å². The van der Waals surface area contributed by atoms with Crippen LogP contribution in [0.4, 0.5) is 0 Å². The summed E-state index contributed by atoms with van der Waals surface area (Å²) in [7, 11) is 0. The van der Waals surface area contributed by atoms with E-state index in [9.17, 15) is 14.9 Å². The van der Waals surface area contributed by atoms with Gasteiger partial charge in [0.15, 0.2) is 0 Å². The number of ether oxygens (including phenoxy) is 2. The zero-order valence-corrected chi connectivity index (χ0v) is 14.8. The number of carbonyl (C=O) groups excluding carboxylic acids is 2. The van der Waals surface area contributed by atoms with Crippen LogP contribution in [0.15, 0.2) is 0 Å². The van der Waals surface area contributed by atoms with Crippen LogP contribution in [0.3, 0.4) is 0 Å². The Morgan fingerprint density at radius 3 is 2.43 bits per heavy atom. The van der Waals surface area contributed by atoms with Crippen molar-refractivity contribution in [1.29, 1.82) is 5.26 Å². The van der Waals surface area contributed by atoms with Crippen molar-refractivity contribution in [2.75, 3.05) is 13.2 Å². The van der Waals surface area contributed by atoms with E-state index in [1.54, 1.807) is 13.8 Å². The maximum Gasteiger partial charge on any atom is 0.309 e. The maximum absolute atomic E-state index is 12.4. The van der Waals surface area contributed by atoms with Crippen molar-refractivity contribution in [3.63, 3.8) is 0 Å². The fourth-order valence-electron chi connectivity index (χ4n) is 3.89. The molecule has 0 radical (unpaired) electrons. The number of nitrogens with zero attached hydrogens (tertiary/aromatic N) is 1. The molecular formula is C18H29NO4. The molecule has 5 heteroatoms. The summed E-state index contributed by atoms with van der Waals surface area (Å²) in [5, 5.41) is 9.82. The lowest BCUT2D eigenvalue weighted by molar-refractivity contribution is -0.158. The highest BCUT2D eigenvalue weighted by Gasteiger charge is 2.50. The molecule has 5 nitrogen and oxygen atoms in total. The molecule has 0 aromatic rings. The molecule has 0 amide bonds. The second-order valence-corrected chi connectivity index (χ2v) is 6.73. The van der Waals surface area contributed by atoms with Crippen molar-refractivity contribution >= 4 is 11.9 Å². The molecule has 0 bridgehead atoms. The largest absolute Gasteiger partial charge is 0.466 e. The predicted octanol–water partition coefficient (Wildman–Crippen LogP) is 3.48. The summed E-state index contributed by atoms with van der Waals surface area (Å²) in [6.07, 6.45) is 3.21. The van der Waals surface area contributed by atoms with Gasteiger partial charge in [-0.1, -0.05) is 20.3 Å². The second-order valence-electron chi connectivity index (χ2n) is 6.73. The number of carbonyl (C=O) groups is 2. The molecule has 0 heterocycles. The van der Waals surface area contributed by atoms with E-state index in [1.165, 1.54) is 0 Å². The first-order valence-corrected chi connectivity index (χ1v) is 8.63. The third-order valence-corrected chi connectivity index (χ3v) is 4.61. The zero-order valence-electron chi connectivity index (χ0n) is 14.8. The van der Waals surface area contributed by atoms with E-state index in [2.05, 4.69) is 19.9 Å². The number of hydrogen-bond donors (Lipinski definition) is 0. The monoisotopic (exact) mass is 323 g/mol. The van der Waals surface area contributed by atoms with Gasteiger partial charge in [-0.15, -0.1) is 0 Å². The first kappa shape index (κ1) is 19.5. The summed E-state index contributed by atoms with van der Waals surface area (Å²) in [5.74, 6) is -1.14. The van der Waals surface area contributed by atoms with Crippen LogP contribution in [0.1, 0.15) is 59.8 Å². The first-order chi connectivity index (χ1) is 10.9. The molecule has 0 spiro atoms. The fraction of sp³-hybridized carbons (Fsp3) is 0.833. The lowest BCUT2D eigenvalue weighted by atomic mass is 9.67. The Bertz CT molecular complexity index is 454. The standard InChI is InChI=1S/C18H29NO4/c1-5-22-16(20)10-14(17(21)23-6-2)15-8-7-9-18(15,12-19)11-13(3)4/h13-15H,5-11H2,1-4H3. The number of rotatable bonds is 8. The Labute approximate surface area is 139 Å². The minimum absolute atomic E-state index is 0.00113. The SMILES string of the molecule is CCOC(=O)CC(C(=O)OCC)C1CCCC1(C#N)CC(C)C. The summed E-state index contributed by atoms with van der Waals surface area (Å²) in [4.78, 5) is 24.3. The Morgan fingerprint density at radius 2 is 1.91 bits per heavy atom. The van der Waals surface area contributed by atoms with Gasteiger partial charge in [-0.2, -0.15) is 5.26 Å². The van der Waals surface area contributed by atoms with Crippen LogP contribution in [0.5, 0.6) is 0 Å². The zero-order chi connectivity index (χ0) is 17.5. The van der Waals surface area contributed by atoms with E-state index in [0.29, 0.717) is 5.92 Å². The highest BCUT2D eigenvalue weighted by molar-refractivity contribution is 5.80. The number of esters is 2. The van der Waals surface area contributed by atoms with Gasteiger partial charge in [0.25, 0.3) is 0 Å². The van der Waals surface area contributed by atoms with E-state index in [-0.39, 0.29) is 31.5 Å². The smallest absolute Gasteiger partial charge is 0.309 e. The average Bonchev–Trinajstić information content (AvgIpc) is 2.88. The molecule has 1 saturated carbocycles. The van der Waals surface area contributed by atoms with Gasteiger partial charge in [0, 0.05) is 0 Å². The maximum atomic E-state index is 12.4. The normalized spacial score (nSPS) is 25.0. The highest BCUT2D eigenvalue weighted by Crippen LogP contribution is 2.51. The molecule has 0 saturated heterocycles. The molecule has 3 unspecified atom stereocenters. The summed E-state index contributed by atoms with van der Waals surface area (Å²) < 4.78 is 10.2. The summed E-state index contributed by atoms with van der Waals surface area (Å²) in [6, 6.07) is 2.48. The van der Waals surface area contributed by atoms with Gasteiger partial charge < -0.3 is 9.47 Å². The predicted molar refractivity (Wildman–Crippen MR) is 86.2 cm³/mol. The third-order valence-electron chi connectivity index (χ3n) is 4.61. The molecule has 1 aliphatic carbocycles. The van der Waals surface area contributed by atoms with Gasteiger partial charge in [-0.05, 0) is 44.9 Å². The van der Waals surface area contributed by atoms with E-state index in [4.69, 9.17) is 9.47 Å². The van der Waals surface area contributed by atoms with Crippen molar-refractivity contribution in [1.82, 2.24) is 0 Å². The molecule has 23 heavy (non-hydrogen) atoms. The van der Waals surface area contributed by atoms with Gasteiger partial charge in [-0.25, -0.2) is 0 Å². The van der Waals surface area contributed by atoms with Crippen LogP contribution < -0.4 is 0 Å². The van der Waals surface area contributed by atoms with Gasteiger partial charge in [0.05, 0.1) is 37.0 Å². The lowest BCUT2D eigenvalue weighted by Gasteiger charge is -2.34. The van der Waals surface area contributed by atoms with Crippen LogP contribution in [0, 0.1) is 34.5 Å². The van der Waals surface area contributed by atoms with Crippen molar-refractivity contribution in [2.24, 2.45) is 23.2 Å². The van der Waals surface area contributed by atoms with Crippen molar-refractivity contribution < 1.29 is 19.1 Å². The van der Waals surface area contributed by atoms with Gasteiger partial charge in [-0.3, -0.25) is 9.59 Å². The molecule has 3 atom stereocenters. The lowest BCUT2D eigenvalue weighted by Crippen LogP contribution is -2.37. The molecule has 1 aliphatic rings. The van der Waals surface area contributed by atoms with Crippen molar-refractivity contribution in [3.8, 4) is 6.07 Å². The van der Waals surface area contributed by atoms with Gasteiger partial charge in [0.1, 0.15) is 0 Å². The summed E-state index contributed by atoms with van der Waals surface area (Å²) >= 11 is 0. The Kier molecular flexibility index (Phi) is 7.54. The molecule has 1 fully saturated rings. The quantitative estimate of drug-likeness (QED) is 0.639. The molecule has 0 N–H and O–H groups in total. The summed E-state index contributed by atoms with van der Waals surface area (Å²) in [6.45, 7) is 8.21. The van der Waals surface area contributed by atoms with Crippen LogP contribution >= 0.6 is 0 Å². The number of nitriles is 1. The minimum atomic E-state index is -0.588. The van der Waals surface area contributed by atoms with Crippen molar-refractivity contribution in [3.05, 3.63) is 0 Å².